The van der Waals surface area contributed by atoms with Crippen LogP contribution in [0, 0.1) is 6.92 Å². The molecule has 0 radical (unpaired) electrons. The Labute approximate surface area is 207 Å². The van der Waals surface area contributed by atoms with Crippen LogP contribution in [0.3, 0.4) is 0 Å². The standard InChI is InChI=1S/C29H35NO5/c1-5-7-23(6-2)30-28(31)18-35-25-11-10-20-8-9-21(15-22(20)16-25)27(17-29(32)33)26-13-12-24(34-4)14-19(26)3/h8-16,23,27H,5-7,17-18H2,1-4H3,(H,30,31)(H,32,33). The molecule has 0 bridgehead atoms. The Morgan fingerprint density at radius 1 is 0.971 bits per heavy atom. The topological polar surface area (TPSA) is 84.9 Å². The summed E-state index contributed by atoms with van der Waals surface area (Å²) in [5, 5.41) is 14.6. The largest absolute Gasteiger partial charge is 0.497 e. The molecular weight excluding hydrogens is 442 g/mol. The van der Waals surface area contributed by atoms with E-state index in [0.29, 0.717) is 5.75 Å². The SMILES string of the molecule is CCCC(CC)NC(=O)COc1ccc2ccc(C(CC(=O)O)c3ccc(OC)cc3C)cc2c1. The lowest BCUT2D eigenvalue weighted by atomic mass is 9.85. The maximum atomic E-state index is 12.3. The summed E-state index contributed by atoms with van der Waals surface area (Å²) < 4.78 is 11.1. The van der Waals surface area contributed by atoms with E-state index in [0.717, 1.165) is 52.5 Å². The fraction of sp³-hybridized carbons (Fsp3) is 0.379. The number of fused-ring (bicyclic) bond motifs is 1. The summed E-state index contributed by atoms with van der Waals surface area (Å²) in [7, 11) is 1.61. The third kappa shape index (κ3) is 6.98. The summed E-state index contributed by atoms with van der Waals surface area (Å²) in [6.45, 7) is 6.09. The molecule has 0 aliphatic rings. The number of benzene rings is 3. The molecule has 0 fully saturated rings. The molecule has 0 saturated heterocycles. The van der Waals surface area contributed by atoms with Gasteiger partial charge in [-0.3, -0.25) is 9.59 Å². The van der Waals surface area contributed by atoms with E-state index in [1.54, 1.807) is 7.11 Å². The Morgan fingerprint density at radius 3 is 2.37 bits per heavy atom. The summed E-state index contributed by atoms with van der Waals surface area (Å²) >= 11 is 0. The summed E-state index contributed by atoms with van der Waals surface area (Å²) in [6, 6.07) is 17.6. The molecule has 1 amide bonds. The quantitative estimate of drug-likeness (QED) is 0.342. The van der Waals surface area contributed by atoms with Gasteiger partial charge in [0.1, 0.15) is 11.5 Å². The van der Waals surface area contributed by atoms with Crippen molar-refractivity contribution < 1.29 is 24.2 Å². The van der Waals surface area contributed by atoms with Crippen LogP contribution < -0.4 is 14.8 Å². The Morgan fingerprint density at radius 2 is 1.71 bits per heavy atom. The molecule has 3 rings (SSSR count). The highest BCUT2D eigenvalue weighted by Gasteiger charge is 2.20. The lowest BCUT2D eigenvalue weighted by Gasteiger charge is -2.20. The average molecular weight is 478 g/mol. The van der Waals surface area contributed by atoms with Gasteiger partial charge in [-0.15, -0.1) is 0 Å². The fourth-order valence-corrected chi connectivity index (χ4v) is 4.44. The highest BCUT2D eigenvalue weighted by atomic mass is 16.5. The van der Waals surface area contributed by atoms with Crippen molar-refractivity contribution in [3.63, 3.8) is 0 Å². The van der Waals surface area contributed by atoms with Crippen molar-refractivity contribution >= 4 is 22.6 Å². The molecule has 0 aliphatic heterocycles. The van der Waals surface area contributed by atoms with Crippen molar-refractivity contribution in [3.05, 3.63) is 71.3 Å². The van der Waals surface area contributed by atoms with Crippen molar-refractivity contribution in [1.82, 2.24) is 5.32 Å². The summed E-state index contributed by atoms with van der Waals surface area (Å²) in [4.78, 5) is 24.0. The number of methoxy groups -OCH3 is 1. The van der Waals surface area contributed by atoms with Crippen LogP contribution >= 0.6 is 0 Å². The molecular formula is C29H35NO5. The first-order chi connectivity index (χ1) is 16.8. The van der Waals surface area contributed by atoms with Crippen LogP contribution in [0.1, 0.15) is 62.1 Å². The third-order valence-corrected chi connectivity index (χ3v) is 6.33. The van der Waals surface area contributed by atoms with Gasteiger partial charge < -0.3 is 19.9 Å². The lowest BCUT2D eigenvalue weighted by molar-refractivity contribution is -0.137. The Hall–Kier alpha value is -3.54. The van der Waals surface area contributed by atoms with Crippen LogP contribution in [0.4, 0.5) is 0 Å². The number of hydrogen-bond acceptors (Lipinski definition) is 4. The van der Waals surface area contributed by atoms with Crippen molar-refractivity contribution in [2.75, 3.05) is 13.7 Å². The molecule has 186 valence electrons. The number of rotatable bonds is 12. The molecule has 2 atom stereocenters. The van der Waals surface area contributed by atoms with E-state index < -0.39 is 5.97 Å². The summed E-state index contributed by atoms with van der Waals surface area (Å²) in [6.07, 6.45) is 2.84. The molecule has 0 aromatic heterocycles. The molecule has 6 heteroatoms. The normalized spacial score (nSPS) is 12.7. The van der Waals surface area contributed by atoms with Crippen LogP contribution in [0.5, 0.6) is 11.5 Å². The minimum Gasteiger partial charge on any atom is -0.497 e. The number of carbonyl (C=O) groups is 2. The van der Waals surface area contributed by atoms with Gasteiger partial charge in [0, 0.05) is 12.0 Å². The van der Waals surface area contributed by atoms with E-state index in [4.69, 9.17) is 9.47 Å². The zero-order valence-electron chi connectivity index (χ0n) is 21.0. The zero-order chi connectivity index (χ0) is 25.4. The number of aliphatic carboxylic acids is 1. The predicted molar refractivity (Wildman–Crippen MR) is 138 cm³/mol. The Kier molecular flexibility index (Phi) is 9.12. The maximum absolute atomic E-state index is 12.3. The minimum atomic E-state index is -0.859. The first-order valence-corrected chi connectivity index (χ1v) is 12.2. The van der Waals surface area contributed by atoms with Gasteiger partial charge in [0.2, 0.25) is 0 Å². The van der Waals surface area contributed by atoms with Crippen molar-refractivity contribution in [2.24, 2.45) is 0 Å². The van der Waals surface area contributed by atoms with Gasteiger partial charge in [-0.1, -0.05) is 50.6 Å². The molecule has 0 aliphatic carbocycles. The number of aryl methyl sites for hydroxylation is 1. The number of carbonyl (C=O) groups excluding carboxylic acids is 1. The number of amides is 1. The zero-order valence-corrected chi connectivity index (χ0v) is 21.0. The monoisotopic (exact) mass is 477 g/mol. The second-order valence-corrected chi connectivity index (χ2v) is 8.89. The van der Waals surface area contributed by atoms with Crippen LogP contribution in [0.25, 0.3) is 10.8 Å². The van der Waals surface area contributed by atoms with Gasteiger partial charge in [0.05, 0.1) is 13.5 Å². The number of ether oxygens (including phenoxy) is 2. The van der Waals surface area contributed by atoms with Crippen LogP contribution in [0.2, 0.25) is 0 Å². The number of nitrogens with one attached hydrogen (secondary N) is 1. The van der Waals surface area contributed by atoms with E-state index in [1.807, 2.05) is 61.5 Å². The van der Waals surface area contributed by atoms with Crippen LogP contribution in [-0.2, 0) is 9.59 Å². The molecule has 2 unspecified atom stereocenters. The Balaban J connectivity index is 1.84. The Bertz CT molecular complexity index is 1170. The summed E-state index contributed by atoms with van der Waals surface area (Å²) in [5.41, 5.74) is 2.84. The lowest BCUT2D eigenvalue weighted by Crippen LogP contribution is -2.37. The third-order valence-electron chi connectivity index (χ3n) is 6.33. The van der Waals surface area contributed by atoms with Gasteiger partial charge >= 0.3 is 5.97 Å². The number of hydrogen-bond donors (Lipinski definition) is 2. The first kappa shape index (κ1) is 26.1. The molecule has 6 nitrogen and oxygen atoms in total. The molecule has 0 spiro atoms. The van der Waals surface area contributed by atoms with Crippen LogP contribution in [0.15, 0.2) is 54.6 Å². The smallest absolute Gasteiger partial charge is 0.304 e. The van der Waals surface area contributed by atoms with Gasteiger partial charge in [-0.25, -0.2) is 0 Å². The second kappa shape index (κ2) is 12.2. The van der Waals surface area contributed by atoms with E-state index in [-0.39, 0.29) is 30.9 Å². The van der Waals surface area contributed by atoms with Crippen molar-refractivity contribution in [1.29, 1.82) is 0 Å². The van der Waals surface area contributed by atoms with E-state index >= 15 is 0 Å². The average Bonchev–Trinajstić information content (AvgIpc) is 2.85. The van der Waals surface area contributed by atoms with Gasteiger partial charge in [-0.2, -0.15) is 0 Å². The highest BCUT2D eigenvalue weighted by molar-refractivity contribution is 5.85. The molecule has 3 aromatic carbocycles. The number of carboxylic acid groups (broad SMARTS) is 1. The molecule has 0 heterocycles. The van der Waals surface area contributed by atoms with E-state index in [9.17, 15) is 14.7 Å². The van der Waals surface area contributed by atoms with Crippen molar-refractivity contribution in [2.45, 2.75) is 58.4 Å². The molecule has 3 aromatic rings. The van der Waals surface area contributed by atoms with Gasteiger partial charge in [0.25, 0.3) is 5.91 Å². The first-order valence-electron chi connectivity index (χ1n) is 12.2. The highest BCUT2D eigenvalue weighted by Crippen LogP contribution is 2.34. The molecule has 35 heavy (non-hydrogen) atoms. The predicted octanol–water partition coefficient (Wildman–Crippen LogP) is 5.84. The second-order valence-electron chi connectivity index (χ2n) is 8.89. The summed E-state index contributed by atoms with van der Waals surface area (Å²) in [5.74, 6) is 0.0496. The van der Waals surface area contributed by atoms with Gasteiger partial charge in [-0.05, 0) is 71.5 Å². The molecule has 2 N–H and O–H groups in total. The fourth-order valence-electron chi connectivity index (χ4n) is 4.44. The molecule has 0 saturated carbocycles. The maximum Gasteiger partial charge on any atom is 0.304 e. The van der Waals surface area contributed by atoms with E-state index in [2.05, 4.69) is 19.2 Å². The van der Waals surface area contributed by atoms with Gasteiger partial charge in [0.15, 0.2) is 6.61 Å². The minimum absolute atomic E-state index is 0.0224. The van der Waals surface area contributed by atoms with Crippen LogP contribution in [-0.4, -0.2) is 36.7 Å². The van der Waals surface area contributed by atoms with Crippen molar-refractivity contribution in [3.8, 4) is 11.5 Å². The van der Waals surface area contributed by atoms with E-state index in [1.165, 1.54) is 0 Å². The number of carboxylic acids is 1.